The number of nitrogens with one attached hydrogen (secondary N) is 2. The van der Waals surface area contributed by atoms with Gasteiger partial charge >= 0.3 is 0 Å². The van der Waals surface area contributed by atoms with Crippen LogP contribution in [0.5, 0.6) is 11.5 Å². The van der Waals surface area contributed by atoms with Crippen LogP contribution in [0, 0.1) is 0 Å². The first-order valence-electron chi connectivity index (χ1n) is 8.42. The lowest BCUT2D eigenvalue weighted by molar-refractivity contribution is -0.361. The summed E-state index contributed by atoms with van der Waals surface area (Å²) in [7, 11) is 0. The van der Waals surface area contributed by atoms with Crippen molar-refractivity contribution in [2.24, 2.45) is 0 Å². The molecule has 5 nitrogen and oxygen atoms in total. The molecule has 4 rings (SSSR count). The minimum atomic E-state index is -0.505. The van der Waals surface area contributed by atoms with Crippen molar-refractivity contribution < 1.29 is 15.2 Å². The smallest absolute Gasteiger partial charge is 0.272 e. The number of phenols is 2. The molecule has 0 aliphatic carbocycles. The number of nitrogens with zero attached hydrogens (tertiary/aromatic N) is 1. The summed E-state index contributed by atoms with van der Waals surface area (Å²) in [4.78, 5) is 7.41. The number of rotatable bonds is 4. The van der Waals surface area contributed by atoms with Crippen LogP contribution in [0.3, 0.4) is 0 Å². The average Bonchev–Trinajstić information content (AvgIpc) is 2.70. The molecule has 1 atom stereocenters. The molecule has 0 aliphatic heterocycles. The summed E-state index contributed by atoms with van der Waals surface area (Å²) < 4.78 is 0. The van der Waals surface area contributed by atoms with Crippen LogP contribution in [0.1, 0.15) is 17.2 Å². The number of pyridine rings is 2. The molecule has 0 spiro atoms. The molecule has 2 heterocycles. The SMILES string of the molecule is Oc1cccc([C@@H](Nc2cccc[nH+]2)c2ccc3cccnc3c2O)c1Cl. The number of halogens is 1. The molecular weight excluding hydrogens is 362 g/mol. The minimum Gasteiger partial charge on any atom is -0.506 e. The highest BCUT2D eigenvalue weighted by atomic mass is 35.5. The fraction of sp³-hybridized carbons (Fsp3) is 0.0476. The Kier molecular flexibility index (Phi) is 4.52. The zero-order chi connectivity index (χ0) is 18.8. The quantitative estimate of drug-likeness (QED) is 0.494. The second kappa shape index (κ2) is 7.13. The largest absolute Gasteiger partial charge is 0.506 e. The summed E-state index contributed by atoms with van der Waals surface area (Å²) in [5, 5.41) is 25.4. The van der Waals surface area contributed by atoms with Gasteiger partial charge in [0, 0.05) is 28.8 Å². The van der Waals surface area contributed by atoms with Gasteiger partial charge in [0.25, 0.3) is 5.82 Å². The molecule has 4 aromatic rings. The lowest BCUT2D eigenvalue weighted by Gasteiger charge is -2.19. The molecule has 4 N–H and O–H groups in total. The van der Waals surface area contributed by atoms with Crippen LogP contribution in [0.15, 0.2) is 73.1 Å². The van der Waals surface area contributed by atoms with E-state index in [4.69, 9.17) is 11.6 Å². The lowest BCUT2D eigenvalue weighted by atomic mass is 9.96. The second-order valence-corrected chi connectivity index (χ2v) is 6.49. The first kappa shape index (κ1) is 17.1. The van der Waals surface area contributed by atoms with Crippen molar-refractivity contribution in [1.29, 1.82) is 0 Å². The third-order valence-corrected chi connectivity index (χ3v) is 4.83. The number of phenolic OH excluding ortho intramolecular Hbond substituents is 2. The van der Waals surface area contributed by atoms with Crippen LogP contribution in [0.4, 0.5) is 5.82 Å². The van der Waals surface area contributed by atoms with Gasteiger partial charge in [-0.3, -0.25) is 10.3 Å². The normalized spacial score (nSPS) is 12.0. The molecule has 0 amide bonds. The molecule has 27 heavy (non-hydrogen) atoms. The molecule has 0 unspecified atom stereocenters. The number of fused-ring (bicyclic) bond motifs is 1. The zero-order valence-electron chi connectivity index (χ0n) is 14.2. The van der Waals surface area contributed by atoms with E-state index in [0.717, 1.165) is 11.2 Å². The van der Waals surface area contributed by atoms with Gasteiger partial charge in [-0.1, -0.05) is 41.9 Å². The van der Waals surface area contributed by atoms with E-state index >= 15 is 0 Å². The summed E-state index contributed by atoms with van der Waals surface area (Å²) in [6.45, 7) is 0. The van der Waals surface area contributed by atoms with E-state index in [0.29, 0.717) is 16.6 Å². The van der Waals surface area contributed by atoms with Gasteiger partial charge in [-0.25, -0.2) is 4.98 Å². The summed E-state index contributed by atoms with van der Waals surface area (Å²) in [5.74, 6) is 0.791. The first-order valence-corrected chi connectivity index (χ1v) is 8.80. The molecule has 134 valence electrons. The molecule has 2 aromatic heterocycles. The summed E-state index contributed by atoms with van der Waals surface area (Å²) in [5.41, 5.74) is 1.75. The van der Waals surface area contributed by atoms with Crippen LogP contribution >= 0.6 is 11.6 Å². The van der Waals surface area contributed by atoms with Gasteiger partial charge in [-0.2, -0.15) is 0 Å². The van der Waals surface area contributed by atoms with Crippen LogP contribution in [-0.2, 0) is 0 Å². The first-order chi connectivity index (χ1) is 13.1. The molecule has 0 radical (unpaired) electrons. The Bertz CT molecular complexity index is 1100. The van der Waals surface area contributed by atoms with Crippen LogP contribution in [0.25, 0.3) is 10.9 Å². The van der Waals surface area contributed by atoms with E-state index in [2.05, 4.69) is 15.3 Å². The van der Waals surface area contributed by atoms with Crippen LogP contribution in [-0.4, -0.2) is 15.2 Å². The number of aromatic nitrogens is 2. The van der Waals surface area contributed by atoms with E-state index in [1.54, 1.807) is 18.5 Å². The molecule has 2 aromatic carbocycles. The maximum Gasteiger partial charge on any atom is 0.272 e. The maximum atomic E-state index is 10.9. The van der Waals surface area contributed by atoms with Gasteiger partial charge in [0.1, 0.15) is 23.1 Å². The summed E-state index contributed by atoms with van der Waals surface area (Å²) in [6.07, 6.45) is 3.44. The molecular formula is C21H17ClN3O2+. The second-order valence-electron chi connectivity index (χ2n) is 6.11. The van der Waals surface area contributed by atoms with Gasteiger partial charge in [0.05, 0.1) is 11.2 Å². The third-order valence-electron chi connectivity index (χ3n) is 4.42. The van der Waals surface area contributed by atoms with Crippen molar-refractivity contribution in [2.75, 3.05) is 5.32 Å². The number of hydrogen-bond acceptors (Lipinski definition) is 4. The molecule has 0 aliphatic rings. The summed E-state index contributed by atoms with van der Waals surface area (Å²) in [6, 6.07) is 17.6. The number of aromatic hydroxyl groups is 2. The Morgan fingerprint density at radius 3 is 2.63 bits per heavy atom. The monoisotopic (exact) mass is 378 g/mol. The number of H-pyrrole nitrogens is 1. The van der Waals surface area contributed by atoms with Gasteiger partial charge in [0.2, 0.25) is 0 Å². The van der Waals surface area contributed by atoms with Crippen molar-refractivity contribution in [3.63, 3.8) is 0 Å². The Morgan fingerprint density at radius 1 is 0.926 bits per heavy atom. The maximum absolute atomic E-state index is 10.9. The van der Waals surface area contributed by atoms with Gasteiger partial charge in [-0.15, -0.1) is 0 Å². The molecule has 0 saturated heterocycles. The molecule has 0 fully saturated rings. The highest BCUT2D eigenvalue weighted by molar-refractivity contribution is 6.32. The van der Waals surface area contributed by atoms with E-state index in [-0.39, 0.29) is 16.5 Å². The number of aromatic amines is 1. The van der Waals surface area contributed by atoms with E-state index < -0.39 is 6.04 Å². The van der Waals surface area contributed by atoms with E-state index in [9.17, 15) is 10.2 Å². The molecule has 6 heteroatoms. The van der Waals surface area contributed by atoms with Crippen molar-refractivity contribution in [3.8, 4) is 11.5 Å². The number of benzene rings is 2. The predicted molar refractivity (Wildman–Crippen MR) is 105 cm³/mol. The number of hydrogen-bond donors (Lipinski definition) is 3. The minimum absolute atomic E-state index is 0.0172. The van der Waals surface area contributed by atoms with Crippen LogP contribution < -0.4 is 10.3 Å². The Morgan fingerprint density at radius 2 is 1.81 bits per heavy atom. The van der Waals surface area contributed by atoms with E-state index in [1.807, 2.05) is 48.5 Å². The highest BCUT2D eigenvalue weighted by Crippen LogP contribution is 2.40. The summed E-state index contributed by atoms with van der Waals surface area (Å²) >= 11 is 6.38. The van der Waals surface area contributed by atoms with Crippen molar-refractivity contribution in [3.05, 3.63) is 89.2 Å². The van der Waals surface area contributed by atoms with Crippen molar-refractivity contribution >= 4 is 28.3 Å². The van der Waals surface area contributed by atoms with E-state index in [1.165, 1.54) is 6.07 Å². The van der Waals surface area contributed by atoms with Gasteiger partial charge in [-0.05, 0) is 24.3 Å². The van der Waals surface area contributed by atoms with Gasteiger partial charge in [0.15, 0.2) is 0 Å². The Hall–Kier alpha value is -3.31. The highest BCUT2D eigenvalue weighted by Gasteiger charge is 2.27. The van der Waals surface area contributed by atoms with Crippen molar-refractivity contribution in [1.82, 2.24) is 4.98 Å². The predicted octanol–water partition coefficient (Wildman–Crippen LogP) is 4.32. The van der Waals surface area contributed by atoms with Gasteiger partial charge < -0.3 is 10.2 Å². The fourth-order valence-corrected chi connectivity index (χ4v) is 3.34. The Labute approximate surface area is 160 Å². The van der Waals surface area contributed by atoms with Crippen LogP contribution in [0.2, 0.25) is 5.02 Å². The topological polar surface area (TPSA) is 79.5 Å². The third kappa shape index (κ3) is 3.25. The van der Waals surface area contributed by atoms with Crippen molar-refractivity contribution in [2.45, 2.75) is 6.04 Å². The lowest BCUT2D eigenvalue weighted by Crippen LogP contribution is -2.19. The molecule has 0 saturated carbocycles. The number of anilines is 1. The fourth-order valence-electron chi connectivity index (χ4n) is 3.10. The molecule has 0 bridgehead atoms. The Balaban J connectivity index is 1.90. The zero-order valence-corrected chi connectivity index (χ0v) is 15.0. The standard InChI is InChI=1S/C21H16ClN3O2/c22-18-14(6-3-7-16(18)26)20(25-17-8-1-2-11-23-17)15-10-9-13-5-4-12-24-19(13)21(15)27/h1-12,20,26-27H,(H,23,25)/p+1/t20-/m1/s1. The average molecular weight is 379 g/mol.